The van der Waals surface area contributed by atoms with Gasteiger partial charge in [0, 0.05) is 22.5 Å². The molecule has 4 heteroatoms. The van der Waals surface area contributed by atoms with Gasteiger partial charge < -0.3 is 14.8 Å². The van der Waals surface area contributed by atoms with Gasteiger partial charge in [-0.2, -0.15) is 0 Å². The molecule has 2 unspecified atom stereocenters. The Morgan fingerprint density at radius 2 is 2.37 bits per heavy atom. The van der Waals surface area contributed by atoms with E-state index in [1.165, 1.54) is 5.56 Å². The van der Waals surface area contributed by atoms with E-state index in [0.717, 1.165) is 36.2 Å². The van der Waals surface area contributed by atoms with Crippen molar-refractivity contribution in [1.29, 1.82) is 0 Å². The zero-order chi connectivity index (χ0) is 13.7. The quantitative estimate of drug-likeness (QED) is 0.864. The molecule has 2 atom stereocenters. The fourth-order valence-corrected chi connectivity index (χ4v) is 2.60. The Hall–Kier alpha value is -0.580. The Morgan fingerprint density at radius 3 is 3.05 bits per heavy atom. The summed E-state index contributed by atoms with van der Waals surface area (Å²) in [5.74, 6) is 0.967. The Balaban J connectivity index is 2.11. The maximum Gasteiger partial charge on any atom is 0.124 e. The Bertz CT molecular complexity index is 405. The van der Waals surface area contributed by atoms with E-state index >= 15 is 0 Å². The molecule has 0 bridgehead atoms. The van der Waals surface area contributed by atoms with Crippen molar-refractivity contribution in [3.63, 3.8) is 0 Å². The molecule has 1 aliphatic rings. The summed E-state index contributed by atoms with van der Waals surface area (Å²) in [6, 6.07) is 6.50. The molecule has 1 aliphatic heterocycles. The maximum absolute atomic E-state index is 6.08. The van der Waals surface area contributed by atoms with E-state index in [2.05, 4.69) is 41.2 Å². The van der Waals surface area contributed by atoms with Crippen LogP contribution in [0.25, 0.3) is 0 Å². The van der Waals surface area contributed by atoms with Crippen LogP contribution in [-0.2, 0) is 4.74 Å². The highest BCUT2D eigenvalue weighted by atomic mass is 79.9. The Labute approximate surface area is 123 Å². The summed E-state index contributed by atoms with van der Waals surface area (Å²) in [5.41, 5.74) is 1.20. The van der Waals surface area contributed by atoms with Crippen molar-refractivity contribution in [2.24, 2.45) is 0 Å². The number of halogens is 1. The van der Waals surface area contributed by atoms with Gasteiger partial charge in [0.2, 0.25) is 0 Å². The lowest BCUT2D eigenvalue weighted by Crippen LogP contribution is -2.22. The van der Waals surface area contributed by atoms with Crippen LogP contribution in [0.4, 0.5) is 0 Å². The molecule has 0 aromatic heterocycles. The first-order valence-corrected chi connectivity index (χ1v) is 7.77. The number of hydrogen-bond donors (Lipinski definition) is 1. The average molecular weight is 328 g/mol. The highest BCUT2D eigenvalue weighted by Gasteiger charge is 2.20. The molecule has 19 heavy (non-hydrogen) atoms. The molecule has 0 aliphatic carbocycles. The summed E-state index contributed by atoms with van der Waals surface area (Å²) >= 11 is 3.54. The second kappa shape index (κ2) is 7.27. The average Bonchev–Trinajstić information content (AvgIpc) is 2.91. The van der Waals surface area contributed by atoms with Gasteiger partial charge >= 0.3 is 0 Å². The highest BCUT2D eigenvalue weighted by molar-refractivity contribution is 9.10. The third-order valence-corrected chi connectivity index (χ3v) is 3.81. The van der Waals surface area contributed by atoms with Crippen molar-refractivity contribution in [2.75, 3.05) is 19.8 Å². The summed E-state index contributed by atoms with van der Waals surface area (Å²) in [6.07, 6.45) is 2.30. The second-order valence-electron chi connectivity index (χ2n) is 4.96. The molecule has 1 saturated heterocycles. The van der Waals surface area contributed by atoms with Gasteiger partial charge in [0.25, 0.3) is 0 Å². The fraction of sp³-hybridized carbons (Fsp3) is 0.600. The first-order valence-electron chi connectivity index (χ1n) is 6.98. The van der Waals surface area contributed by atoms with Gasteiger partial charge in [0.1, 0.15) is 11.9 Å². The zero-order valence-electron chi connectivity index (χ0n) is 11.6. The third kappa shape index (κ3) is 4.20. The number of rotatable bonds is 6. The fourth-order valence-electron chi connectivity index (χ4n) is 2.22. The van der Waals surface area contributed by atoms with Crippen LogP contribution in [0, 0.1) is 0 Å². The van der Waals surface area contributed by atoms with E-state index in [9.17, 15) is 0 Å². The van der Waals surface area contributed by atoms with Gasteiger partial charge in [0.05, 0.1) is 13.2 Å². The van der Waals surface area contributed by atoms with Gasteiger partial charge in [-0.1, -0.05) is 22.9 Å². The molecule has 1 N–H and O–H groups in total. The number of ether oxygens (including phenoxy) is 2. The predicted octanol–water partition coefficient (Wildman–Crippen LogP) is 3.68. The van der Waals surface area contributed by atoms with Gasteiger partial charge in [-0.3, -0.25) is 0 Å². The smallest absolute Gasteiger partial charge is 0.124 e. The molecule has 2 rings (SSSR count). The van der Waals surface area contributed by atoms with E-state index < -0.39 is 0 Å². The van der Waals surface area contributed by atoms with E-state index in [1.807, 2.05) is 12.1 Å². The van der Waals surface area contributed by atoms with Crippen LogP contribution >= 0.6 is 15.9 Å². The van der Waals surface area contributed by atoms with E-state index in [4.69, 9.17) is 9.47 Å². The minimum absolute atomic E-state index is 0.193. The van der Waals surface area contributed by atoms with Gasteiger partial charge in [-0.05, 0) is 38.1 Å². The van der Waals surface area contributed by atoms with E-state index in [1.54, 1.807) is 0 Å². The van der Waals surface area contributed by atoms with Crippen molar-refractivity contribution in [3.05, 3.63) is 28.2 Å². The largest absolute Gasteiger partial charge is 0.488 e. The molecule has 1 fully saturated rings. The van der Waals surface area contributed by atoms with Crippen molar-refractivity contribution in [3.8, 4) is 5.75 Å². The van der Waals surface area contributed by atoms with Crippen LogP contribution in [-0.4, -0.2) is 25.9 Å². The third-order valence-electron chi connectivity index (χ3n) is 3.32. The van der Waals surface area contributed by atoms with Crippen LogP contribution in [0.3, 0.4) is 0 Å². The van der Waals surface area contributed by atoms with Gasteiger partial charge in [-0.25, -0.2) is 0 Å². The van der Waals surface area contributed by atoms with Crippen LogP contribution in [0.2, 0.25) is 0 Å². The standard InChI is InChI=1S/C15H22BrNO2/c1-3-7-17-11(2)14-9-12(16)4-5-15(14)19-13-6-8-18-10-13/h4-5,9,11,13,17H,3,6-8,10H2,1-2H3. The van der Waals surface area contributed by atoms with Crippen molar-refractivity contribution >= 4 is 15.9 Å². The molecule has 0 saturated carbocycles. The molecular formula is C15H22BrNO2. The number of benzene rings is 1. The molecule has 0 radical (unpaired) electrons. The summed E-state index contributed by atoms with van der Waals surface area (Å²) < 4.78 is 12.5. The molecule has 1 aromatic rings. The molecule has 1 aromatic carbocycles. The predicted molar refractivity (Wildman–Crippen MR) is 80.7 cm³/mol. The summed E-state index contributed by atoms with van der Waals surface area (Å²) in [4.78, 5) is 0. The normalized spacial score (nSPS) is 20.5. The topological polar surface area (TPSA) is 30.5 Å². The van der Waals surface area contributed by atoms with Gasteiger partial charge in [-0.15, -0.1) is 0 Å². The molecule has 0 spiro atoms. The maximum atomic E-state index is 6.08. The molecule has 1 heterocycles. The molecular weight excluding hydrogens is 306 g/mol. The highest BCUT2D eigenvalue weighted by Crippen LogP contribution is 2.30. The van der Waals surface area contributed by atoms with Crippen molar-refractivity contribution < 1.29 is 9.47 Å². The summed E-state index contributed by atoms with van der Waals surface area (Å²) in [5, 5.41) is 3.51. The van der Waals surface area contributed by atoms with Crippen LogP contribution in [0.5, 0.6) is 5.75 Å². The lowest BCUT2D eigenvalue weighted by atomic mass is 10.1. The SMILES string of the molecule is CCCNC(C)c1cc(Br)ccc1OC1CCOC1. The molecule has 3 nitrogen and oxygen atoms in total. The minimum atomic E-state index is 0.193. The zero-order valence-corrected chi connectivity index (χ0v) is 13.2. The summed E-state index contributed by atoms with van der Waals surface area (Å²) in [7, 11) is 0. The second-order valence-corrected chi connectivity index (χ2v) is 5.88. The van der Waals surface area contributed by atoms with Gasteiger partial charge in [0.15, 0.2) is 0 Å². The van der Waals surface area contributed by atoms with E-state index in [0.29, 0.717) is 6.61 Å². The van der Waals surface area contributed by atoms with Crippen LogP contribution in [0.15, 0.2) is 22.7 Å². The summed E-state index contributed by atoms with van der Waals surface area (Å²) in [6.45, 7) is 6.87. The van der Waals surface area contributed by atoms with Crippen molar-refractivity contribution in [1.82, 2.24) is 5.32 Å². The lowest BCUT2D eigenvalue weighted by Gasteiger charge is -2.20. The Morgan fingerprint density at radius 1 is 1.53 bits per heavy atom. The first-order chi connectivity index (χ1) is 9.20. The lowest BCUT2D eigenvalue weighted by molar-refractivity contribution is 0.140. The van der Waals surface area contributed by atoms with Crippen LogP contribution in [0.1, 0.15) is 38.3 Å². The number of nitrogens with one attached hydrogen (secondary N) is 1. The first kappa shape index (κ1) is 14.8. The minimum Gasteiger partial charge on any atom is -0.488 e. The Kier molecular flexibility index (Phi) is 5.67. The monoisotopic (exact) mass is 327 g/mol. The van der Waals surface area contributed by atoms with E-state index in [-0.39, 0.29) is 12.1 Å². The van der Waals surface area contributed by atoms with Crippen molar-refractivity contribution in [2.45, 2.75) is 38.8 Å². The molecule has 106 valence electrons. The number of hydrogen-bond acceptors (Lipinski definition) is 3. The van der Waals surface area contributed by atoms with Crippen LogP contribution < -0.4 is 10.1 Å². The molecule has 0 amide bonds.